The molecule has 1 heterocycles. The van der Waals surface area contributed by atoms with Gasteiger partial charge >= 0.3 is 0 Å². The molecule has 1 unspecified atom stereocenters. The smallest absolute Gasteiger partial charge is 0.0686 e. The zero-order valence-corrected chi connectivity index (χ0v) is 15.2. The average molecular weight is 268 g/mol. The van der Waals surface area contributed by atoms with Gasteiger partial charge in [0.05, 0.1) is 6.17 Å². The quantitative estimate of drug-likeness (QED) is 0.644. The molecular formula is C17H36N2. The molecule has 1 rings (SSSR count). The number of nitrogens with zero attached hydrogens (tertiary/aromatic N) is 2. The van der Waals surface area contributed by atoms with Crippen molar-refractivity contribution >= 4 is 0 Å². The van der Waals surface area contributed by atoms with Gasteiger partial charge in [-0.25, -0.2) is 0 Å². The minimum Gasteiger partial charge on any atom is -0.281 e. The molecule has 2 heteroatoms. The average Bonchev–Trinajstić information content (AvgIpc) is 2.33. The molecule has 0 aromatic carbocycles. The minimum absolute atomic E-state index is 0.182. The van der Waals surface area contributed by atoms with Gasteiger partial charge in [-0.1, -0.05) is 20.8 Å². The van der Waals surface area contributed by atoms with Gasteiger partial charge in [0.2, 0.25) is 0 Å². The van der Waals surface area contributed by atoms with Gasteiger partial charge in [0.1, 0.15) is 0 Å². The lowest BCUT2D eigenvalue weighted by molar-refractivity contribution is -0.0652. The minimum atomic E-state index is 0.182. The van der Waals surface area contributed by atoms with Crippen LogP contribution in [0.4, 0.5) is 0 Å². The van der Waals surface area contributed by atoms with Crippen molar-refractivity contribution in [2.24, 2.45) is 5.41 Å². The molecule has 1 aliphatic heterocycles. The van der Waals surface area contributed by atoms with E-state index < -0.39 is 0 Å². The fraction of sp³-hybridized carbons (Fsp3) is 1.00. The summed E-state index contributed by atoms with van der Waals surface area (Å²) in [7, 11) is 0. The van der Waals surface area contributed by atoms with Gasteiger partial charge < -0.3 is 0 Å². The summed E-state index contributed by atoms with van der Waals surface area (Å²) in [5, 5.41) is 0. The molecule has 0 radical (unpaired) electrons. The van der Waals surface area contributed by atoms with Gasteiger partial charge in [-0.15, -0.1) is 0 Å². The number of hydrogen-bond donors (Lipinski definition) is 0. The number of rotatable bonds is 0. The molecule has 1 fully saturated rings. The molecule has 0 N–H and O–H groups in total. The molecule has 0 spiro atoms. The molecule has 0 saturated carbocycles. The van der Waals surface area contributed by atoms with Gasteiger partial charge in [-0.2, -0.15) is 0 Å². The first kappa shape index (κ1) is 17.0. The van der Waals surface area contributed by atoms with Gasteiger partial charge in [0.15, 0.2) is 0 Å². The highest BCUT2D eigenvalue weighted by molar-refractivity contribution is 5.07. The molecule has 2 nitrogen and oxygen atoms in total. The Hall–Kier alpha value is -0.0800. The van der Waals surface area contributed by atoms with Gasteiger partial charge in [-0.3, -0.25) is 9.80 Å². The summed E-state index contributed by atoms with van der Waals surface area (Å²) in [6.45, 7) is 27.1. The van der Waals surface area contributed by atoms with Crippen LogP contribution in [0.1, 0.15) is 76.2 Å². The van der Waals surface area contributed by atoms with Crippen LogP contribution >= 0.6 is 0 Å². The van der Waals surface area contributed by atoms with Crippen LogP contribution in [0.2, 0.25) is 0 Å². The van der Waals surface area contributed by atoms with Crippen molar-refractivity contribution < 1.29 is 0 Å². The fourth-order valence-electron chi connectivity index (χ4n) is 3.78. The zero-order chi connectivity index (χ0) is 15.4. The van der Waals surface area contributed by atoms with Crippen LogP contribution in [0, 0.1) is 5.41 Å². The third-order valence-corrected chi connectivity index (χ3v) is 4.11. The Morgan fingerprint density at radius 1 is 0.789 bits per heavy atom. The second-order valence-corrected chi connectivity index (χ2v) is 9.89. The Labute approximate surface area is 121 Å². The Morgan fingerprint density at radius 2 is 1.21 bits per heavy atom. The van der Waals surface area contributed by atoms with E-state index in [-0.39, 0.29) is 22.0 Å². The van der Waals surface area contributed by atoms with Gasteiger partial charge in [0, 0.05) is 23.2 Å². The normalized spacial score (nSPS) is 27.0. The maximum Gasteiger partial charge on any atom is 0.0686 e. The van der Waals surface area contributed by atoms with Gasteiger partial charge in [0.25, 0.3) is 0 Å². The first-order chi connectivity index (χ1) is 8.08. The molecule has 0 aromatic rings. The highest BCUT2D eigenvalue weighted by Crippen LogP contribution is 2.45. The van der Waals surface area contributed by atoms with Crippen LogP contribution in [-0.4, -0.2) is 39.1 Å². The van der Waals surface area contributed by atoms with E-state index in [1.807, 2.05) is 0 Å². The van der Waals surface area contributed by atoms with Crippen LogP contribution < -0.4 is 0 Å². The summed E-state index contributed by atoms with van der Waals surface area (Å²) in [4.78, 5) is 5.42. The highest BCUT2D eigenvalue weighted by Gasteiger charge is 2.55. The summed E-state index contributed by atoms with van der Waals surface area (Å²) < 4.78 is 0. The predicted molar refractivity (Wildman–Crippen MR) is 85.4 cm³/mol. The molecule has 1 saturated heterocycles. The molecular weight excluding hydrogens is 232 g/mol. The van der Waals surface area contributed by atoms with Crippen molar-refractivity contribution in [3.05, 3.63) is 0 Å². The lowest BCUT2D eigenvalue weighted by Crippen LogP contribution is -2.60. The van der Waals surface area contributed by atoms with E-state index in [2.05, 4.69) is 86.0 Å². The molecule has 0 amide bonds. The molecule has 1 aliphatic rings. The van der Waals surface area contributed by atoms with Crippen LogP contribution in [0.15, 0.2) is 0 Å². The second-order valence-electron chi connectivity index (χ2n) is 9.89. The standard InChI is InChI=1S/C17H36N2/c1-14(2,3)13-18(15(4,5)6)12-17(10,11)19(13)16(7,8)9/h13H,12H2,1-11H3. The Bertz CT molecular complexity index is 323. The SMILES string of the molecule is CC(C)(C)C1N(C(C)(C)C)CC(C)(C)N1C(C)(C)C. The topological polar surface area (TPSA) is 6.48 Å². The van der Waals surface area contributed by atoms with Crippen molar-refractivity contribution in [2.75, 3.05) is 6.54 Å². The number of hydrogen-bond acceptors (Lipinski definition) is 2. The summed E-state index contributed by atoms with van der Waals surface area (Å²) in [5.41, 5.74) is 0.842. The second kappa shape index (κ2) is 4.46. The van der Waals surface area contributed by atoms with Crippen molar-refractivity contribution in [2.45, 2.75) is 98.9 Å². The summed E-state index contributed by atoms with van der Waals surface area (Å²) in [6.07, 6.45) is 0.475. The lowest BCUT2D eigenvalue weighted by atomic mass is 9.86. The van der Waals surface area contributed by atoms with E-state index in [9.17, 15) is 0 Å². The molecule has 1 atom stereocenters. The fourth-order valence-corrected chi connectivity index (χ4v) is 3.78. The van der Waals surface area contributed by atoms with Crippen molar-refractivity contribution in [3.8, 4) is 0 Å². The van der Waals surface area contributed by atoms with Crippen molar-refractivity contribution in [1.82, 2.24) is 9.80 Å². The summed E-state index contributed by atoms with van der Waals surface area (Å²) >= 11 is 0. The van der Waals surface area contributed by atoms with E-state index in [1.165, 1.54) is 0 Å². The Balaban J connectivity index is 3.35. The van der Waals surface area contributed by atoms with Crippen LogP contribution in [0.3, 0.4) is 0 Å². The molecule has 19 heavy (non-hydrogen) atoms. The monoisotopic (exact) mass is 268 g/mol. The lowest BCUT2D eigenvalue weighted by Gasteiger charge is -2.51. The van der Waals surface area contributed by atoms with Crippen LogP contribution in [-0.2, 0) is 0 Å². The van der Waals surface area contributed by atoms with E-state index in [0.717, 1.165) is 6.54 Å². The van der Waals surface area contributed by atoms with E-state index in [0.29, 0.717) is 6.17 Å². The third kappa shape index (κ3) is 3.33. The first-order valence-corrected chi connectivity index (χ1v) is 7.65. The van der Waals surface area contributed by atoms with Crippen LogP contribution in [0.5, 0.6) is 0 Å². The zero-order valence-electron chi connectivity index (χ0n) is 15.2. The van der Waals surface area contributed by atoms with Gasteiger partial charge in [-0.05, 0) is 60.8 Å². The first-order valence-electron chi connectivity index (χ1n) is 7.65. The van der Waals surface area contributed by atoms with Crippen molar-refractivity contribution in [3.63, 3.8) is 0 Å². The van der Waals surface area contributed by atoms with E-state index in [1.54, 1.807) is 0 Å². The molecule has 0 aromatic heterocycles. The summed E-state index contributed by atoms with van der Waals surface area (Å²) in [6, 6.07) is 0. The maximum atomic E-state index is 2.73. The predicted octanol–water partition coefficient (Wildman–Crippen LogP) is 4.35. The Morgan fingerprint density at radius 3 is 1.47 bits per heavy atom. The summed E-state index contributed by atoms with van der Waals surface area (Å²) in [5.74, 6) is 0. The molecule has 114 valence electrons. The Kier molecular flexibility index (Phi) is 3.98. The maximum absolute atomic E-state index is 2.73. The largest absolute Gasteiger partial charge is 0.281 e. The third-order valence-electron chi connectivity index (χ3n) is 4.11. The van der Waals surface area contributed by atoms with Crippen LogP contribution in [0.25, 0.3) is 0 Å². The van der Waals surface area contributed by atoms with Crippen molar-refractivity contribution in [1.29, 1.82) is 0 Å². The highest BCUT2D eigenvalue weighted by atomic mass is 15.5. The van der Waals surface area contributed by atoms with E-state index >= 15 is 0 Å². The molecule has 0 bridgehead atoms. The molecule has 0 aliphatic carbocycles. The van der Waals surface area contributed by atoms with E-state index in [4.69, 9.17) is 0 Å².